The van der Waals surface area contributed by atoms with Gasteiger partial charge in [-0.25, -0.2) is 0 Å². The fourth-order valence-electron chi connectivity index (χ4n) is 3.86. The van der Waals surface area contributed by atoms with Crippen molar-refractivity contribution in [3.05, 3.63) is 33.8 Å². The van der Waals surface area contributed by atoms with Gasteiger partial charge >= 0.3 is 0 Å². The summed E-state index contributed by atoms with van der Waals surface area (Å²) in [6.45, 7) is 4.34. The summed E-state index contributed by atoms with van der Waals surface area (Å²) in [7, 11) is 1.68. The molecule has 0 saturated heterocycles. The molecule has 2 aliphatic rings. The van der Waals surface area contributed by atoms with E-state index in [1.807, 2.05) is 6.08 Å². The molecular weight excluding hydrogens is 366 g/mol. The van der Waals surface area contributed by atoms with Crippen molar-refractivity contribution in [1.82, 2.24) is 5.32 Å². The Hall–Kier alpha value is -1.29. The van der Waals surface area contributed by atoms with Crippen molar-refractivity contribution in [3.8, 4) is 5.75 Å². The van der Waals surface area contributed by atoms with Crippen LogP contribution in [0.1, 0.15) is 57.1 Å². The average Bonchev–Trinajstić information content (AvgIpc) is 2.55. The van der Waals surface area contributed by atoms with E-state index in [0.717, 1.165) is 40.7 Å². The molecule has 1 aromatic rings. The molecule has 0 unspecified atom stereocenters. The van der Waals surface area contributed by atoms with E-state index in [2.05, 4.69) is 47.2 Å². The summed E-state index contributed by atoms with van der Waals surface area (Å²) in [5, 5.41) is 3.56. The van der Waals surface area contributed by atoms with Gasteiger partial charge in [-0.05, 0) is 66.7 Å². The van der Waals surface area contributed by atoms with Gasteiger partial charge in [-0.2, -0.15) is 0 Å². The Morgan fingerprint density at radius 1 is 1.29 bits per heavy atom. The largest absolute Gasteiger partial charge is 0.496 e. The zero-order chi connectivity index (χ0) is 17.3. The first-order valence-electron chi connectivity index (χ1n) is 8.80. The topological polar surface area (TPSA) is 38.3 Å². The Morgan fingerprint density at radius 2 is 2.00 bits per heavy atom. The number of ether oxygens (including phenoxy) is 1. The predicted molar refractivity (Wildman–Crippen MR) is 101 cm³/mol. The van der Waals surface area contributed by atoms with Crippen LogP contribution in [0.5, 0.6) is 5.75 Å². The molecule has 3 nitrogen and oxygen atoms in total. The van der Waals surface area contributed by atoms with Gasteiger partial charge in [0, 0.05) is 28.8 Å². The maximum atomic E-state index is 12.7. The molecule has 1 aliphatic carbocycles. The van der Waals surface area contributed by atoms with Gasteiger partial charge in [-0.15, -0.1) is 0 Å². The van der Waals surface area contributed by atoms with Crippen molar-refractivity contribution in [2.24, 2.45) is 5.92 Å². The van der Waals surface area contributed by atoms with E-state index in [1.54, 1.807) is 7.11 Å². The minimum Gasteiger partial charge on any atom is -0.496 e. The van der Waals surface area contributed by atoms with Gasteiger partial charge in [0.15, 0.2) is 5.78 Å². The highest BCUT2D eigenvalue weighted by atomic mass is 79.9. The Balaban J connectivity index is 1.97. The normalized spacial score (nSPS) is 21.9. The second kappa shape index (κ2) is 6.91. The average molecular weight is 392 g/mol. The van der Waals surface area contributed by atoms with Gasteiger partial charge in [-0.1, -0.05) is 19.3 Å². The summed E-state index contributed by atoms with van der Waals surface area (Å²) >= 11 is 3.57. The van der Waals surface area contributed by atoms with Crippen LogP contribution in [0.3, 0.4) is 0 Å². The third kappa shape index (κ3) is 3.69. The number of rotatable bonds is 3. The van der Waals surface area contributed by atoms with E-state index in [4.69, 9.17) is 4.74 Å². The summed E-state index contributed by atoms with van der Waals surface area (Å²) in [4.78, 5) is 12.7. The fraction of sp³-hybridized carbons (Fsp3) is 0.550. The number of nitrogens with one attached hydrogen (secondary N) is 1. The van der Waals surface area contributed by atoms with Crippen molar-refractivity contribution in [3.63, 3.8) is 0 Å². The zero-order valence-corrected chi connectivity index (χ0v) is 16.3. The molecule has 3 rings (SSSR count). The van der Waals surface area contributed by atoms with Gasteiger partial charge in [0.05, 0.1) is 11.6 Å². The van der Waals surface area contributed by atoms with E-state index < -0.39 is 0 Å². The number of hydrogen-bond donors (Lipinski definition) is 1. The molecule has 1 N–H and O–H groups in total. The molecule has 1 saturated carbocycles. The number of benzene rings is 1. The number of hydrogen-bond acceptors (Lipinski definition) is 3. The number of allylic oxidation sites excluding steroid dienone is 1. The Kier molecular flexibility index (Phi) is 5.05. The van der Waals surface area contributed by atoms with Gasteiger partial charge < -0.3 is 10.1 Å². The van der Waals surface area contributed by atoms with Gasteiger partial charge in [0.25, 0.3) is 0 Å². The molecule has 0 aromatic heterocycles. The van der Waals surface area contributed by atoms with Crippen LogP contribution in [-0.2, 0) is 11.2 Å². The fourth-order valence-corrected chi connectivity index (χ4v) is 4.37. The lowest BCUT2D eigenvalue weighted by Crippen LogP contribution is -2.44. The second-order valence-corrected chi connectivity index (χ2v) is 8.48. The molecule has 1 aliphatic heterocycles. The first kappa shape index (κ1) is 17.5. The quantitative estimate of drug-likeness (QED) is 0.746. The molecule has 1 aromatic carbocycles. The molecule has 0 spiro atoms. The van der Waals surface area contributed by atoms with E-state index in [-0.39, 0.29) is 17.2 Å². The lowest BCUT2D eigenvalue weighted by Gasteiger charge is -2.36. The number of ketones is 1. The van der Waals surface area contributed by atoms with Crippen LogP contribution in [0.15, 0.2) is 22.7 Å². The second-order valence-electron chi connectivity index (χ2n) is 7.62. The molecule has 0 atom stereocenters. The van der Waals surface area contributed by atoms with Crippen LogP contribution in [0, 0.1) is 5.92 Å². The molecule has 130 valence electrons. The van der Waals surface area contributed by atoms with Gasteiger partial charge in [0.2, 0.25) is 0 Å². The zero-order valence-electron chi connectivity index (χ0n) is 14.7. The lowest BCUT2D eigenvalue weighted by molar-refractivity contribution is -0.119. The summed E-state index contributed by atoms with van der Waals surface area (Å²) in [5.74, 6) is 1.31. The SMILES string of the molecule is COc1cc2c(cc1Br)C(=CC(=O)C1CCCCC1)NC(C)(C)C2. The van der Waals surface area contributed by atoms with Crippen LogP contribution in [-0.4, -0.2) is 18.4 Å². The number of methoxy groups -OCH3 is 1. The maximum absolute atomic E-state index is 12.7. The monoisotopic (exact) mass is 391 g/mol. The predicted octanol–water partition coefficient (Wildman–Crippen LogP) is 4.87. The number of carbonyl (C=O) groups excluding carboxylic acids is 1. The Morgan fingerprint density at radius 3 is 2.67 bits per heavy atom. The molecule has 1 heterocycles. The van der Waals surface area contributed by atoms with Crippen LogP contribution in [0.2, 0.25) is 0 Å². The smallest absolute Gasteiger partial charge is 0.160 e. The lowest BCUT2D eigenvalue weighted by atomic mass is 9.83. The van der Waals surface area contributed by atoms with Crippen molar-refractivity contribution in [1.29, 1.82) is 0 Å². The van der Waals surface area contributed by atoms with E-state index in [0.29, 0.717) is 0 Å². The molecule has 0 bridgehead atoms. The van der Waals surface area contributed by atoms with E-state index in [9.17, 15) is 4.79 Å². The third-order valence-electron chi connectivity index (χ3n) is 5.07. The highest BCUT2D eigenvalue weighted by molar-refractivity contribution is 9.10. The van der Waals surface area contributed by atoms with Gasteiger partial charge in [-0.3, -0.25) is 4.79 Å². The number of halogens is 1. The first-order chi connectivity index (χ1) is 11.4. The Bertz CT molecular complexity index is 672. The van der Waals surface area contributed by atoms with Crippen LogP contribution in [0.4, 0.5) is 0 Å². The van der Waals surface area contributed by atoms with Crippen molar-refractivity contribution >= 4 is 27.4 Å². The molecule has 1 fully saturated rings. The summed E-state index contributed by atoms with van der Waals surface area (Å²) in [6, 6.07) is 4.15. The molecule has 0 radical (unpaired) electrons. The maximum Gasteiger partial charge on any atom is 0.160 e. The summed E-state index contributed by atoms with van der Waals surface area (Å²) in [5.41, 5.74) is 3.19. The number of fused-ring (bicyclic) bond motifs is 1. The molecule has 4 heteroatoms. The van der Waals surface area contributed by atoms with Crippen LogP contribution in [0.25, 0.3) is 5.70 Å². The molecular formula is C20H26BrNO2. The summed E-state index contributed by atoms with van der Waals surface area (Å²) in [6.07, 6.45) is 8.43. The highest BCUT2D eigenvalue weighted by Gasteiger charge is 2.30. The highest BCUT2D eigenvalue weighted by Crippen LogP contribution is 2.37. The van der Waals surface area contributed by atoms with Crippen LogP contribution >= 0.6 is 15.9 Å². The van der Waals surface area contributed by atoms with Gasteiger partial charge in [0.1, 0.15) is 5.75 Å². The minimum absolute atomic E-state index is 0.0789. The van der Waals surface area contributed by atoms with Crippen molar-refractivity contribution in [2.75, 3.05) is 7.11 Å². The van der Waals surface area contributed by atoms with E-state index in [1.165, 1.54) is 24.8 Å². The van der Waals surface area contributed by atoms with Crippen LogP contribution < -0.4 is 10.1 Å². The number of carbonyl (C=O) groups is 1. The molecule has 24 heavy (non-hydrogen) atoms. The van der Waals surface area contributed by atoms with Crippen molar-refractivity contribution in [2.45, 2.75) is 57.9 Å². The summed E-state index contributed by atoms with van der Waals surface area (Å²) < 4.78 is 6.35. The Labute approximate surface area is 153 Å². The first-order valence-corrected chi connectivity index (χ1v) is 9.59. The minimum atomic E-state index is -0.0789. The standard InChI is InChI=1S/C20H26BrNO2/c1-20(2)12-14-9-19(24-3)16(21)10-15(14)17(22-20)11-18(23)13-7-5-4-6-8-13/h9-11,13,22H,4-8,12H2,1-3H3. The molecule has 0 amide bonds. The third-order valence-corrected chi connectivity index (χ3v) is 5.69. The van der Waals surface area contributed by atoms with Crippen molar-refractivity contribution < 1.29 is 9.53 Å². The van der Waals surface area contributed by atoms with E-state index >= 15 is 0 Å².